The fourth-order valence-corrected chi connectivity index (χ4v) is 2.88. The summed E-state index contributed by atoms with van der Waals surface area (Å²) in [7, 11) is 0. The van der Waals surface area contributed by atoms with Crippen molar-refractivity contribution in [1.29, 1.82) is 5.26 Å². The zero-order valence-corrected chi connectivity index (χ0v) is 9.37. The molecule has 0 amide bonds. The highest BCUT2D eigenvalue weighted by Gasteiger charge is 2.06. The van der Waals surface area contributed by atoms with Gasteiger partial charge in [0.1, 0.15) is 6.07 Å². The van der Waals surface area contributed by atoms with Gasteiger partial charge in [0.2, 0.25) is 0 Å². The largest absolute Gasteiger partial charge is 0.192 e. The molecule has 0 atom stereocenters. The van der Waals surface area contributed by atoms with Crippen LogP contribution in [0.25, 0.3) is 10.1 Å². The van der Waals surface area contributed by atoms with Gasteiger partial charge in [-0.25, -0.2) is 0 Å². The van der Waals surface area contributed by atoms with Crippen LogP contribution in [-0.2, 0) is 0 Å². The van der Waals surface area contributed by atoms with Crippen molar-refractivity contribution in [3.63, 3.8) is 0 Å². The van der Waals surface area contributed by atoms with Crippen LogP contribution in [0.1, 0.15) is 11.1 Å². The Morgan fingerprint density at radius 1 is 1.46 bits per heavy atom. The van der Waals surface area contributed by atoms with E-state index in [1.54, 1.807) is 11.3 Å². The molecule has 0 bridgehead atoms. The first-order valence-electron chi connectivity index (χ1n) is 3.81. The lowest BCUT2D eigenvalue weighted by atomic mass is 10.1. The third kappa shape index (κ3) is 1.37. The Kier molecular flexibility index (Phi) is 2.10. The number of fused-ring (bicyclic) bond motifs is 1. The number of hydrogen-bond donors (Lipinski definition) is 0. The molecule has 1 aromatic heterocycles. The number of aryl methyl sites for hydroxylation is 1. The van der Waals surface area contributed by atoms with E-state index in [0.29, 0.717) is 0 Å². The van der Waals surface area contributed by atoms with Gasteiger partial charge in [0.15, 0.2) is 0 Å². The average molecular weight is 252 g/mol. The highest BCUT2D eigenvalue weighted by atomic mass is 79.9. The van der Waals surface area contributed by atoms with Crippen LogP contribution >= 0.6 is 27.3 Å². The number of rotatable bonds is 0. The van der Waals surface area contributed by atoms with E-state index in [1.165, 1.54) is 0 Å². The van der Waals surface area contributed by atoms with Crippen LogP contribution in [0.5, 0.6) is 0 Å². The van der Waals surface area contributed by atoms with Gasteiger partial charge in [-0.05, 0) is 40.5 Å². The monoisotopic (exact) mass is 251 g/mol. The van der Waals surface area contributed by atoms with Crippen molar-refractivity contribution in [3.8, 4) is 6.07 Å². The van der Waals surface area contributed by atoms with Crippen molar-refractivity contribution in [3.05, 3.63) is 33.1 Å². The lowest BCUT2D eigenvalue weighted by molar-refractivity contribution is 1.43. The van der Waals surface area contributed by atoms with Crippen molar-refractivity contribution in [2.24, 2.45) is 0 Å². The quantitative estimate of drug-likeness (QED) is 0.698. The molecule has 0 aliphatic heterocycles. The summed E-state index contributed by atoms with van der Waals surface area (Å²) in [6.07, 6.45) is 0. The van der Waals surface area contributed by atoms with Gasteiger partial charge < -0.3 is 0 Å². The minimum atomic E-state index is 0.791. The van der Waals surface area contributed by atoms with Gasteiger partial charge in [0.25, 0.3) is 0 Å². The van der Waals surface area contributed by atoms with E-state index in [0.717, 1.165) is 25.0 Å². The van der Waals surface area contributed by atoms with E-state index in [-0.39, 0.29) is 0 Å². The van der Waals surface area contributed by atoms with E-state index < -0.39 is 0 Å². The summed E-state index contributed by atoms with van der Waals surface area (Å²) in [4.78, 5) is 0. The fourth-order valence-electron chi connectivity index (χ4n) is 1.34. The summed E-state index contributed by atoms with van der Waals surface area (Å²) in [6, 6.07) is 8.29. The minimum Gasteiger partial charge on any atom is -0.192 e. The van der Waals surface area contributed by atoms with E-state index >= 15 is 0 Å². The van der Waals surface area contributed by atoms with Crippen LogP contribution in [0.2, 0.25) is 0 Å². The number of thiophene rings is 1. The normalized spacial score (nSPS) is 10.2. The van der Waals surface area contributed by atoms with Crippen molar-refractivity contribution >= 4 is 37.4 Å². The van der Waals surface area contributed by atoms with E-state index in [9.17, 15) is 0 Å². The molecule has 0 radical (unpaired) electrons. The smallest absolute Gasteiger partial charge is 0.100 e. The van der Waals surface area contributed by atoms with Gasteiger partial charge in [0, 0.05) is 10.1 Å². The predicted molar refractivity (Wildman–Crippen MR) is 59.0 cm³/mol. The second kappa shape index (κ2) is 3.13. The van der Waals surface area contributed by atoms with Crippen LogP contribution in [0.3, 0.4) is 0 Å². The number of benzene rings is 1. The van der Waals surface area contributed by atoms with Crippen molar-refractivity contribution < 1.29 is 0 Å². The maximum absolute atomic E-state index is 8.97. The Labute approximate surface area is 88.7 Å². The number of nitriles is 1. The van der Waals surface area contributed by atoms with Gasteiger partial charge in [-0.3, -0.25) is 0 Å². The molecule has 1 aromatic carbocycles. The van der Waals surface area contributed by atoms with Crippen LogP contribution < -0.4 is 0 Å². The summed E-state index contributed by atoms with van der Waals surface area (Å²) in [5.74, 6) is 0. The van der Waals surface area contributed by atoms with Gasteiger partial charge in [-0.2, -0.15) is 5.26 Å². The van der Waals surface area contributed by atoms with E-state index in [1.807, 2.05) is 19.1 Å². The third-order valence-electron chi connectivity index (χ3n) is 1.99. The summed E-state index contributed by atoms with van der Waals surface area (Å²) in [6.45, 7) is 1.96. The highest BCUT2D eigenvalue weighted by Crippen LogP contribution is 2.32. The number of halogens is 1. The Morgan fingerprint density at radius 2 is 2.23 bits per heavy atom. The number of nitrogens with zero attached hydrogens (tertiary/aromatic N) is 1. The van der Waals surface area contributed by atoms with Gasteiger partial charge in [0.05, 0.1) is 9.35 Å². The Balaban J connectivity index is 2.93. The SMILES string of the molecule is Cc1ccc2sc(Br)cc2c1C#N. The Bertz CT molecular complexity index is 507. The molecule has 13 heavy (non-hydrogen) atoms. The highest BCUT2D eigenvalue weighted by molar-refractivity contribution is 9.11. The zero-order chi connectivity index (χ0) is 9.42. The molecule has 0 saturated carbocycles. The molecule has 0 saturated heterocycles. The minimum absolute atomic E-state index is 0.791. The first-order chi connectivity index (χ1) is 6.22. The maximum atomic E-state index is 8.97. The Hall–Kier alpha value is -0.850. The molecule has 1 nitrogen and oxygen atoms in total. The first-order valence-corrected chi connectivity index (χ1v) is 5.42. The third-order valence-corrected chi connectivity index (χ3v) is 3.59. The molecular formula is C10H6BrNS. The van der Waals surface area contributed by atoms with Gasteiger partial charge in [-0.1, -0.05) is 6.07 Å². The van der Waals surface area contributed by atoms with Crippen LogP contribution in [-0.4, -0.2) is 0 Å². The molecule has 2 aromatic rings. The van der Waals surface area contributed by atoms with E-state index in [2.05, 4.69) is 28.1 Å². The van der Waals surface area contributed by atoms with Gasteiger partial charge in [-0.15, -0.1) is 11.3 Å². The molecule has 0 N–H and O–H groups in total. The molecule has 3 heteroatoms. The standard InChI is InChI=1S/C10H6BrNS/c1-6-2-3-9-7(8(6)5-12)4-10(11)13-9/h2-4H,1H3. The summed E-state index contributed by atoms with van der Waals surface area (Å²) < 4.78 is 2.23. The first kappa shape index (κ1) is 8.74. The molecule has 2 rings (SSSR count). The van der Waals surface area contributed by atoms with E-state index in [4.69, 9.17) is 5.26 Å². The second-order valence-corrected chi connectivity index (χ2v) is 5.29. The molecule has 0 spiro atoms. The Morgan fingerprint density at radius 3 is 2.92 bits per heavy atom. The second-order valence-electron chi connectivity index (χ2n) is 2.83. The zero-order valence-electron chi connectivity index (χ0n) is 6.97. The molecular weight excluding hydrogens is 246 g/mol. The summed E-state index contributed by atoms with van der Waals surface area (Å²) >= 11 is 5.08. The lowest BCUT2D eigenvalue weighted by Crippen LogP contribution is -1.80. The molecule has 1 heterocycles. The maximum Gasteiger partial charge on any atom is 0.100 e. The van der Waals surface area contributed by atoms with Gasteiger partial charge >= 0.3 is 0 Å². The molecule has 64 valence electrons. The van der Waals surface area contributed by atoms with Crippen LogP contribution in [0.4, 0.5) is 0 Å². The van der Waals surface area contributed by atoms with Crippen LogP contribution in [0.15, 0.2) is 22.0 Å². The fraction of sp³-hybridized carbons (Fsp3) is 0.100. The molecule has 0 fully saturated rings. The molecule has 0 aliphatic rings. The van der Waals surface area contributed by atoms with Crippen molar-refractivity contribution in [1.82, 2.24) is 0 Å². The summed E-state index contributed by atoms with van der Waals surface area (Å²) in [5.41, 5.74) is 1.83. The molecule has 0 unspecified atom stereocenters. The topological polar surface area (TPSA) is 23.8 Å². The predicted octanol–water partition coefficient (Wildman–Crippen LogP) is 3.84. The molecule has 0 aliphatic carbocycles. The van der Waals surface area contributed by atoms with Crippen molar-refractivity contribution in [2.45, 2.75) is 6.92 Å². The summed E-state index contributed by atoms with van der Waals surface area (Å²) in [5, 5.41) is 10.0. The lowest BCUT2D eigenvalue weighted by Gasteiger charge is -1.96. The average Bonchev–Trinajstić information content (AvgIpc) is 2.45. The van der Waals surface area contributed by atoms with Crippen molar-refractivity contribution in [2.75, 3.05) is 0 Å². The van der Waals surface area contributed by atoms with Crippen LogP contribution in [0, 0.1) is 18.3 Å². The number of hydrogen-bond acceptors (Lipinski definition) is 2.